The molecule has 8 heteroatoms. The van der Waals surface area contributed by atoms with E-state index in [0.717, 1.165) is 51.7 Å². The molecule has 2 aliphatic rings. The molecule has 2 saturated heterocycles. The first-order chi connectivity index (χ1) is 14.5. The number of likely N-dealkylation sites (tertiary alicyclic amines) is 1. The predicted molar refractivity (Wildman–Crippen MR) is 115 cm³/mol. The Hall–Kier alpha value is -1.77. The Balaban J connectivity index is 1.39. The van der Waals surface area contributed by atoms with E-state index in [1.807, 2.05) is 0 Å². The lowest BCUT2D eigenvalue weighted by molar-refractivity contribution is 0.184. The highest BCUT2D eigenvalue weighted by Gasteiger charge is 2.36. The van der Waals surface area contributed by atoms with E-state index in [-0.39, 0.29) is 17.7 Å². The van der Waals surface area contributed by atoms with Crippen molar-refractivity contribution in [2.24, 2.45) is 0 Å². The molecule has 2 fully saturated rings. The zero-order valence-electron chi connectivity index (χ0n) is 18.0. The molecule has 0 unspecified atom stereocenters. The van der Waals surface area contributed by atoms with Gasteiger partial charge in [-0.2, -0.15) is 4.31 Å². The van der Waals surface area contributed by atoms with Crippen molar-refractivity contribution in [1.82, 2.24) is 19.4 Å². The molecule has 0 radical (unpaired) electrons. The van der Waals surface area contributed by atoms with Crippen LogP contribution in [0.4, 0.5) is 0 Å². The van der Waals surface area contributed by atoms with Crippen LogP contribution in [0.5, 0.6) is 0 Å². The minimum absolute atomic E-state index is 0.101. The fourth-order valence-electron chi connectivity index (χ4n) is 4.60. The maximum Gasteiger partial charge on any atom is 0.234 e. The van der Waals surface area contributed by atoms with Gasteiger partial charge in [0.25, 0.3) is 0 Å². The molecule has 0 saturated carbocycles. The zero-order chi connectivity index (χ0) is 21.1. The van der Waals surface area contributed by atoms with Crippen molar-refractivity contribution >= 4 is 10.0 Å². The second-order valence-electron chi connectivity index (χ2n) is 8.54. The highest BCUT2D eigenvalue weighted by Crippen LogP contribution is 2.35. The molecule has 0 spiro atoms. The molecule has 1 aromatic carbocycles. The SMILES string of the molecule is CCS(=O)(=O)N1CCCC[C@H]1c1nnc(C2CCN(Cc3cccc(C)c3)CC2)o1. The molecule has 1 aromatic heterocycles. The van der Waals surface area contributed by atoms with Gasteiger partial charge >= 0.3 is 0 Å². The minimum Gasteiger partial charge on any atom is -0.423 e. The van der Waals surface area contributed by atoms with Crippen LogP contribution in [0.3, 0.4) is 0 Å². The van der Waals surface area contributed by atoms with Gasteiger partial charge in [0.05, 0.1) is 5.75 Å². The molecule has 0 N–H and O–H groups in total. The van der Waals surface area contributed by atoms with Crippen LogP contribution in [0.2, 0.25) is 0 Å². The summed E-state index contributed by atoms with van der Waals surface area (Å²) in [5.41, 5.74) is 2.64. The summed E-state index contributed by atoms with van der Waals surface area (Å²) in [6.45, 7) is 7.31. The third-order valence-electron chi connectivity index (χ3n) is 6.34. The third-order valence-corrected chi connectivity index (χ3v) is 8.22. The van der Waals surface area contributed by atoms with E-state index in [1.165, 1.54) is 11.1 Å². The zero-order valence-corrected chi connectivity index (χ0v) is 18.8. The Morgan fingerprint density at radius 2 is 1.83 bits per heavy atom. The molecule has 3 heterocycles. The number of benzene rings is 1. The number of piperidine rings is 2. The van der Waals surface area contributed by atoms with Crippen molar-refractivity contribution in [3.05, 3.63) is 47.2 Å². The fraction of sp³-hybridized carbons (Fsp3) is 0.636. The lowest BCUT2D eigenvalue weighted by atomic mass is 9.96. The number of aryl methyl sites for hydroxylation is 1. The van der Waals surface area contributed by atoms with E-state index >= 15 is 0 Å². The van der Waals surface area contributed by atoms with E-state index in [1.54, 1.807) is 11.2 Å². The summed E-state index contributed by atoms with van der Waals surface area (Å²) in [6, 6.07) is 8.36. The summed E-state index contributed by atoms with van der Waals surface area (Å²) in [6.07, 6.45) is 4.57. The minimum atomic E-state index is -3.28. The third kappa shape index (κ3) is 4.76. The quantitative estimate of drug-likeness (QED) is 0.693. The molecule has 0 amide bonds. The highest BCUT2D eigenvalue weighted by atomic mass is 32.2. The van der Waals surface area contributed by atoms with Crippen LogP contribution in [-0.2, 0) is 16.6 Å². The second-order valence-corrected chi connectivity index (χ2v) is 10.8. The Bertz CT molecular complexity index is 951. The molecule has 0 bridgehead atoms. The number of sulfonamides is 1. The Morgan fingerprint density at radius 3 is 2.57 bits per heavy atom. The van der Waals surface area contributed by atoms with Crippen LogP contribution < -0.4 is 0 Å². The first-order valence-electron chi connectivity index (χ1n) is 11.1. The standard InChI is InChI=1S/C22H32N4O3S/c1-3-30(27,28)26-12-5-4-9-20(26)22-24-23-21(29-22)19-10-13-25(14-11-19)16-18-8-6-7-17(2)15-18/h6-8,15,19-20H,3-5,9-14,16H2,1-2H3/t20-/m0/s1. The smallest absolute Gasteiger partial charge is 0.234 e. The van der Waals surface area contributed by atoms with Gasteiger partial charge in [0.15, 0.2) is 0 Å². The molecule has 164 valence electrons. The van der Waals surface area contributed by atoms with Crippen LogP contribution >= 0.6 is 0 Å². The number of aromatic nitrogens is 2. The monoisotopic (exact) mass is 432 g/mol. The first kappa shape index (κ1) is 21.5. The van der Waals surface area contributed by atoms with Gasteiger partial charge in [-0.15, -0.1) is 10.2 Å². The molecule has 4 rings (SSSR count). The average Bonchev–Trinajstić information content (AvgIpc) is 3.24. The summed E-state index contributed by atoms with van der Waals surface area (Å²) in [7, 11) is -3.28. The van der Waals surface area contributed by atoms with E-state index in [9.17, 15) is 8.42 Å². The number of rotatable bonds is 6. The van der Waals surface area contributed by atoms with Gasteiger partial charge in [-0.1, -0.05) is 36.2 Å². The topological polar surface area (TPSA) is 79.5 Å². The maximum atomic E-state index is 12.5. The molecule has 2 aliphatic heterocycles. The molecule has 1 atom stereocenters. The summed E-state index contributed by atoms with van der Waals surface area (Å²) < 4.78 is 32.6. The van der Waals surface area contributed by atoms with Crippen LogP contribution in [0.25, 0.3) is 0 Å². The van der Waals surface area contributed by atoms with E-state index < -0.39 is 10.0 Å². The van der Waals surface area contributed by atoms with Gasteiger partial charge in [-0.3, -0.25) is 4.90 Å². The maximum absolute atomic E-state index is 12.5. The van der Waals surface area contributed by atoms with Crippen molar-refractivity contribution in [2.45, 2.75) is 64.5 Å². The van der Waals surface area contributed by atoms with Crippen LogP contribution in [0.15, 0.2) is 28.7 Å². The predicted octanol–water partition coefficient (Wildman–Crippen LogP) is 3.63. The van der Waals surface area contributed by atoms with Gasteiger partial charge in [0.1, 0.15) is 6.04 Å². The van der Waals surface area contributed by atoms with Crippen molar-refractivity contribution < 1.29 is 12.8 Å². The van der Waals surface area contributed by atoms with Gasteiger partial charge < -0.3 is 4.42 Å². The molecule has 0 aliphatic carbocycles. The first-order valence-corrected chi connectivity index (χ1v) is 12.7. The van der Waals surface area contributed by atoms with Crippen molar-refractivity contribution in [2.75, 3.05) is 25.4 Å². The Morgan fingerprint density at radius 1 is 1.07 bits per heavy atom. The molecular weight excluding hydrogens is 400 g/mol. The van der Waals surface area contributed by atoms with Gasteiger partial charge in [-0.05, 0) is 58.2 Å². The summed E-state index contributed by atoms with van der Waals surface area (Å²) >= 11 is 0. The van der Waals surface area contributed by atoms with Crippen molar-refractivity contribution in [1.29, 1.82) is 0 Å². The number of hydrogen-bond acceptors (Lipinski definition) is 6. The summed E-state index contributed by atoms with van der Waals surface area (Å²) in [5.74, 6) is 1.48. The van der Waals surface area contributed by atoms with Crippen LogP contribution in [0.1, 0.15) is 73.9 Å². The van der Waals surface area contributed by atoms with Crippen LogP contribution in [0, 0.1) is 6.92 Å². The van der Waals surface area contributed by atoms with Gasteiger partial charge in [-0.25, -0.2) is 8.42 Å². The fourth-order valence-corrected chi connectivity index (χ4v) is 5.93. The van der Waals surface area contributed by atoms with Gasteiger partial charge in [0, 0.05) is 19.0 Å². The van der Waals surface area contributed by atoms with Crippen LogP contribution in [-0.4, -0.2) is 53.2 Å². The molecule has 30 heavy (non-hydrogen) atoms. The summed E-state index contributed by atoms with van der Waals surface area (Å²) in [5, 5.41) is 8.59. The highest BCUT2D eigenvalue weighted by molar-refractivity contribution is 7.89. The lowest BCUT2D eigenvalue weighted by Crippen LogP contribution is -2.39. The largest absolute Gasteiger partial charge is 0.423 e. The summed E-state index contributed by atoms with van der Waals surface area (Å²) in [4.78, 5) is 2.47. The lowest BCUT2D eigenvalue weighted by Gasteiger charge is -2.32. The molecule has 7 nitrogen and oxygen atoms in total. The van der Waals surface area contributed by atoms with E-state index in [4.69, 9.17) is 4.42 Å². The van der Waals surface area contributed by atoms with Gasteiger partial charge in [0.2, 0.25) is 21.8 Å². The van der Waals surface area contributed by atoms with Crippen molar-refractivity contribution in [3.8, 4) is 0 Å². The second kappa shape index (κ2) is 9.16. The van der Waals surface area contributed by atoms with E-state index in [2.05, 4.69) is 46.3 Å². The average molecular weight is 433 g/mol. The normalized spacial score (nSPS) is 22.4. The van der Waals surface area contributed by atoms with Crippen molar-refractivity contribution in [3.63, 3.8) is 0 Å². The molecule has 2 aromatic rings. The Labute approximate surface area is 179 Å². The van der Waals surface area contributed by atoms with E-state index in [0.29, 0.717) is 18.3 Å². The Kier molecular flexibility index (Phi) is 6.55. The number of hydrogen-bond donors (Lipinski definition) is 0. The number of nitrogens with zero attached hydrogens (tertiary/aromatic N) is 4. The molecular formula is C22H32N4O3S.